The Bertz CT molecular complexity index is 873. The Hall–Kier alpha value is -2.44. The number of fused-ring (bicyclic) bond motifs is 1. The molecule has 1 saturated heterocycles. The molecule has 2 aromatic carbocycles. The van der Waals surface area contributed by atoms with Crippen molar-refractivity contribution in [3.63, 3.8) is 0 Å². The number of rotatable bonds is 6. The van der Waals surface area contributed by atoms with Gasteiger partial charge in [-0.15, -0.1) is 0 Å². The van der Waals surface area contributed by atoms with E-state index >= 15 is 0 Å². The summed E-state index contributed by atoms with van der Waals surface area (Å²) in [5, 5.41) is 0.695. The van der Waals surface area contributed by atoms with Gasteiger partial charge in [-0.1, -0.05) is 41.7 Å². The minimum Gasteiger partial charge on any atom is -0.481 e. The maximum atomic E-state index is 13.2. The van der Waals surface area contributed by atoms with Gasteiger partial charge in [0, 0.05) is 6.61 Å². The zero-order chi connectivity index (χ0) is 18.6. The molecular formula is C21H22N2O3S. The highest BCUT2D eigenvalue weighted by molar-refractivity contribution is 7.22. The second-order valence-electron chi connectivity index (χ2n) is 6.62. The molecule has 140 valence electrons. The second kappa shape index (κ2) is 8.06. The van der Waals surface area contributed by atoms with Crippen molar-refractivity contribution in [3.05, 3.63) is 54.6 Å². The van der Waals surface area contributed by atoms with Gasteiger partial charge in [-0.05, 0) is 44.0 Å². The first-order valence-corrected chi connectivity index (χ1v) is 10.0. The van der Waals surface area contributed by atoms with Gasteiger partial charge in [0.1, 0.15) is 5.75 Å². The summed E-state index contributed by atoms with van der Waals surface area (Å²) in [7, 11) is 0. The van der Waals surface area contributed by atoms with Gasteiger partial charge < -0.3 is 9.47 Å². The second-order valence-corrected chi connectivity index (χ2v) is 7.63. The number of benzene rings is 2. The molecule has 2 atom stereocenters. The Balaban J connectivity index is 1.59. The Morgan fingerprint density at radius 3 is 2.78 bits per heavy atom. The molecule has 6 heteroatoms. The largest absolute Gasteiger partial charge is 0.481 e. The van der Waals surface area contributed by atoms with Crippen LogP contribution >= 0.6 is 11.3 Å². The molecule has 0 spiro atoms. The van der Waals surface area contributed by atoms with Crippen LogP contribution in [-0.2, 0) is 9.53 Å². The van der Waals surface area contributed by atoms with Crippen LogP contribution in [0.2, 0.25) is 0 Å². The molecule has 1 amide bonds. The van der Waals surface area contributed by atoms with E-state index in [0.717, 1.165) is 29.7 Å². The third-order valence-corrected chi connectivity index (χ3v) is 5.65. The predicted octanol–water partition coefficient (Wildman–Crippen LogP) is 4.28. The van der Waals surface area contributed by atoms with Gasteiger partial charge in [0.05, 0.1) is 22.9 Å². The quantitative estimate of drug-likeness (QED) is 0.639. The van der Waals surface area contributed by atoms with Gasteiger partial charge in [0.15, 0.2) is 11.2 Å². The van der Waals surface area contributed by atoms with Crippen molar-refractivity contribution < 1.29 is 14.3 Å². The molecule has 1 fully saturated rings. The monoisotopic (exact) mass is 382 g/mol. The number of nitrogens with zero attached hydrogens (tertiary/aromatic N) is 2. The van der Waals surface area contributed by atoms with Crippen molar-refractivity contribution >= 4 is 32.6 Å². The van der Waals surface area contributed by atoms with Crippen LogP contribution in [-0.4, -0.2) is 36.3 Å². The van der Waals surface area contributed by atoms with Crippen molar-refractivity contribution in [3.8, 4) is 5.75 Å². The van der Waals surface area contributed by atoms with Crippen LogP contribution in [0.15, 0.2) is 54.6 Å². The summed E-state index contributed by atoms with van der Waals surface area (Å²) in [6.07, 6.45) is 1.43. The van der Waals surface area contributed by atoms with Crippen molar-refractivity contribution in [2.24, 2.45) is 0 Å². The first-order valence-electron chi connectivity index (χ1n) is 9.21. The molecule has 0 N–H and O–H groups in total. The highest BCUT2D eigenvalue weighted by Gasteiger charge is 2.30. The van der Waals surface area contributed by atoms with Crippen molar-refractivity contribution in [1.82, 2.24) is 4.98 Å². The molecule has 3 aromatic rings. The minimum absolute atomic E-state index is 0.0462. The van der Waals surface area contributed by atoms with Crippen LogP contribution in [0.4, 0.5) is 5.13 Å². The summed E-state index contributed by atoms with van der Waals surface area (Å²) in [6.45, 7) is 3.04. The molecule has 2 heterocycles. The van der Waals surface area contributed by atoms with Gasteiger partial charge in [0.2, 0.25) is 0 Å². The van der Waals surface area contributed by atoms with Crippen LogP contribution in [0.5, 0.6) is 5.75 Å². The van der Waals surface area contributed by atoms with E-state index in [-0.39, 0.29) is 12.0 Å². The van der Waals surface area contributed by atoms with Crippen molar-refractivity contribution in [2.75, 3.05) is 18.1 Å². The number of carbonyl (C=O) groups is 1. The number of thiazole rings is 1. The molecule has 2 unspecified atom stereocenters. The van der Waals surface area contributed by atoms with E-state index in [4.69, 9.17) is 9.47 Å². The SMILES string of the molecule is CC(Oc1ccccc1)C(=O)N(CC1CCCO1)c1nc2ccccc2s1. The van der Waals surface area contributed by atoms with E-state index in [2.05, 4.69) is 4.98 Å². The third-order valence-electron chi connectivity index (χ3n) is 4.59. The lowest BCUT2D eigenvalue weighted by molar-refractivity contribution is -0.125. The Morgan fingerprint density at radius 2 is 2.04 bits per heavy atom. The summed E-state index contributed by atoms with van der Waals surface area (Å²) < 4.78 is 12.7. The lowest BCUT2D eigenvalue weighted by atomic mass is 10.2. The maximum absolute atomic E-state index is 13.2. The molecular weight excluding hydrogens is 360 g/mol. The van der Waals surface area contributed by atoms with Crippen LogP contribution < -0.4 is 9.64 Å². The molecule has 4 rings (SSSR count). The van der Waals surface area contributed by atoms with E-state index in [1.807, 2.05) is 54.6 Å². The minimum atomic E-state index is -0.610. The maximum Gasteiger partial charge on any atom is 0.269 e. The molecule has 1 aromatic heterocycles. The van der Waals surface area contributed by atoms with Crippen molar-refractivity contribution in [1.29, 1.82) is 0 Å². The molecule has 0 bridgehead atoms. The van der Waals surface area contributed by atoms with E-state index in [9.17, 15) is 4.79 Å². The summed E-state index contributed by atoms with van der Waals surface area (Å²) in [4.78, 5) is 19.6. The number of amides is 1. The van der Waals surface area contributed by atoms with Crippen LogP contribution in [0.25, 0.3) is 10.2 Å². The van der Waals surface area contributed by atoms with Crippen molar-refractivity contribution in [2.45, 2.75) is 32.0 Å². The normalized spacial score (nSPS) is 17.7. The molecule has 0 aliphatic carbocycles. The molecule has 0 radical (unpaired) electrons. The van der Waals surface area contributed by atoms with Gasteiger partial charge >= 0.3 is 0 Å². The number of anilines is 1. The van der Waals surface area contributed by atoms with Crippen LogP contribution in [0.3, 0.4) is 0 Å². The number of carbonyl (C=O) groups excluding carboxylic acids is 1. The van der Waals surface area contributed by atoms with Gasteiger partial charge in [-0.3, -0.25) is 9.69 Å². The number of aromatic nitrogens is 1. The van der Waals surface area contributed by atoms with Gasteiger partial charge in [-0.25, -0.2) is 4.98 Å². The fourth-order valence-electron chi connectivity index (χ4n) is 3.20. The standard InChI is InChI=1S/C21H22N2O3S/c1-15(26-16-8-3-2-4-9-16)20(24)23(14-17-10-7-13-25-17)21-22-18-11-5-6-12-19(18)27-21/h2-6,8-9,11-12,15,17H,7,10,13-14H2,1H3. The van der Waals surface area contributed by atoms with E-state index in [0.29, 0.717) is 17.4 Å². The average Bonchev–Trinajstić information content (AvgIpc) is 3.35. The first-order chi connectivity index (χ1) is 13.2. The number of hydrogen-bond acceptors (Lipinski definition) is 5. The number of hydrogen-bond donors (Lipinski definition) is 0. The molecule has 1 aliphatic heterocycles. The van der Waals surface area contributed by atoms with Gasteiger partial charge in [-0.2, -0.15) is 0 Å². The fraction of sp³-hybridized carbons (Fsp3) is 0.333. The average molecular weight is 382 g/mol. The van der Waals surface area contributed by atoms with E-state index < -0.39 is 6.10 Å². The lowest BCUT2D eigenvalue weighted by Crippen LogP contribution is -2.44. The third kappa shape index (κ3) is 4.12. The summed E-state index contributed by atoms with van der Waals surface area (Å²) in [6, 6.07) is 17.3. The predicted molar refractivity (Wildman–Crippen MR) is 107 cm³/mol. The Labute approximate surface area is 162 Å². The highest BCUT2D eigenvalue weighted by Crippen LogP contribution is 2.30. The summed E-state index contributed by atoms with van der Waals surface area (Å²) >= 11 is 1.52. The topological polar surface area (TPSA) is 51.7 Å². The Morgan fingerprint density at radius 1 is 1.26 bits per heavy atom. The zero-order valence-corrected chi connectivity index (χ0v) is 16.0. The first kappa shape index (κ1) is 17.9. The lowest BCUT2D eigenvalue weighted by Gasteiger charge is -2.26. The van der Waals surface area contributed by atoms with Crippen LogP contribution in [0.1, 0.15) is 19.8 Å². The zero-order valence-electron chi connectivity index (χ0n) is 15.2. The molecule has 1 aliphatic rings. The number of ether oxygens (including phenoxy) is 2. The van der Waals surface area contributed by atoms with E-state index in [1.54, 1.807) is 11.8 Å². The Kier molecular flexibility index (Phi) is 5.36. The highest BCUT2D eigenvalue weighted by atomic mass is 32.1. The summed E-state index contributed by atoms with van der Waals surface area (Å²) in [5.74, 6) is 0.577. The molecule has 0 saturated carbocycles. The van der Waals surface area contributed by atoms with Crippen LogP contribution in [0, 0.1) is 0 Å². The summed E-state index contributed by atoms with van der Waals surface area (Å²) in [5.41, 5.74) is 0.902. The smallest absolute Gasteiger partial charge is 0.269 e. The number of para-hydroxylation sites is 2. The van der Waals surface area contributed by atoms with Gasteiger partial charge in [0.25, 0.3) is 5.91 Å². The van der Waals surface area contributed by atoms with E-state index in [1.165, 1.54) is 11.3 Å². The molecule has 27 heavy (non-hydrogen) atoms. The molecule has 5 nitrogen and oxygen atoms in total. The fourth-order valence-corrected chi connectivity index (χ4v) is 4.18.